The zero-order valence-electron chi connectivity index (χ0n) is 24.2. The molecule has 0 radical (unpaired) electrons. The van der Waals surface area contributed by atoms with E-state index in [4.69, 9.17) is 9.29 Å². The van der Waals surface area contributed by atoms with Gasteiger partial charge in [-0.2, -0.15) is 0 Å². The van der Waals surface area contributed by atoms with E-state index in [0.29, 0.717) is 18.8 Å². The van der Waals surface area contributed by atoms with E-state index in [-0.39, 0.29) is 12.1 Å². The summed E-state index contributed by atoms with van der Waals surface area (Å²) in [6.07, 6.45) is 8.70. The van der Waals surface area contributed by atoms with E-state index in [1.54, 1.807) is 0 Å². The number of urea groups is 1. The molecule has 10 heteroatoms. The molecule has 226 valence electrons. The lowest BCUT2D eigenvalue weighted by Gasteiger charge is -2.39. The Morgan fingerprint density at radius 3 is 2.22 bits per heavy atom. The number of hydrogen-bond donors (Lipinski definition) is 4. The van der Waals surface area contributed by atoms with Crippen molar-refractivity contribution in [3.05, 3.63) is 59.7 Å². The molecule has 2 amide bonds. The van der Waals surface area contributed by atoms with E-state index in [1.165, 1.54) is 12.0 Å². The van der Waals surface area contributed by atoms with Crippen LogP contribution in [0.25, 0.3) is 0 Å². The molecule has 2 fully saturated rings. The Labute approximate surface area is 247 Å². The molecule has 1 aliphatic carbocycles. The molecule has 1 saturated carbocycles. The number of likely N-dealkylation sites (tertiary alicyclic amines) is 1. The van der Waals surface area contributed by atoms with Crippen LogP contribution in [-0.4, -0.2) is 67.5 Å². The first kappa shape index (κ1) is 31.4. The topological polar surface area (TPSA) is 114 Å². The predicted octanol–water partition coefficient (Wildman–Crippen LogP) is 5.18. The normalized spacial score (nSPS) is 18.5. The monoisotopic (exact) mass is 586 g/mol. The predicted molar refractivity (Wildman–Crippen MR) is 162 cm³/mol. The van der Waals surface area contributed by atoms with E-state index in [1.807, 2.05) is 41.3 Å². The molecule has 4 N–H and O–H groups in total. The molecule has 0 spiro atoms. The molecule has 0 aromatic heterocycles. The largest absolute Gasteiger partial charge is 0.457 e. The molecule has 1 heterocycles. The minimum atomic E-state index is -2.03. The molecule has 2 aliphatic rings. The van der Waals surface area contributed by atoms with Crippen LogP contribution < -0.4 is 14.8 Å². The Morgan fingerprint density at radius 1 is 1.02 bits per heavy atom. The Hall–Kier alpha value is -2.50. The summed E-state index contributed by atoms with van der Waals surface area (Å²) in [5, 5.41) is 13.9. The fourth-order valence-electron chi connectivity index (χ4n) is 5.77. The van der Waals surface area contributed by atoms with E-state index in [0.717, 1.165) is 88.9 Å². The molecule has 2 aromatic rings. The summed E-state index contributed by atoms with van der Waals surface area (Å²) in [6, 6.07) is 15.7. The van der Waals surface area contributed by atoms with Gasteiger partial charge in [-0.3, -0.25) is 9.45 Å². The zero-order valence-corrected chi connectivity index (χ0v) is 25.0. The number of piperidine rings is 1. The van der Waals surface area contributed by atoms with Crippen molar-refractivity contribution in [1.29, 1.82) is 0 Å². The van der Waals surface area contributed by atoms with Gasteiger partial charge in [-0.15, -0.1) is 0 Å². The lowest BCUT2D eigenvalue weighted by molar-refractivity contribution is 0.00535. The number of amides is 2. The average Bonchev–Trinajstić information content (AvgIpc) is 2.98. The maximum atomic E-state index is 13.2. The fraction of sp³-hybridized carbons (Fsp3) is 0.581. The third-order valence-electron chi connectivity index (χ3n) is 8.25. The minimum absolute atomic E-state index is 0.0283. The first-order valence-electron chi connectivity index (χ1n) is 15.0. The first-order chi connectivity index (χ1) is 19.8. The molecule has 1 atom stereocenters. The second kappa shape index (κ2) is 15.7. The van der Waals surface area contributed by atoms with Crippen LogP contribution in [0.3, 0.4) is 0 Å². The molecule has 9 nitrogen and oxygen atoms in total. The highest BCUT2D eigenvalue weighted by Gasteiger charge is 2.32. The minimum Gasteiger partial charge on any atom is -0.457 e. The van der Waals surface area contributed by atoms with Crippen molar-refractivity contribution >= 4 is 17.3 Å². The number of benzene rings is 2. The number of nitrogens with one attached hydrogen (secondary N) is 2. The Kier molecular flexibility index (Phi) is 12.0. The van der Waals surface area contributed by atoms with Crippen molar-refractivity contribution in [2.75, 3.05) is 26.2 Å². The average molecular weight is 587 g/mol. The van der Waals surface area contributed by atoms with Gasteiger partial charge in [0, 0.05) is 45.3 Å². The van der Waals surface area contributed by atoms with Gasteiger partial charge < -0.3 is 20.1 Å². The van der Waals surface area contributed by atoms with Crippen LogP contribution in [0.1, 0.15) is 75.8 Å². The summed E-state index contributed by atoms with van der Waals surface area (Å²) in [4.78, 5) is 17.7. The summed E-state index contributed by atoms with van der Waals surface area (Å²) in [5.41, 5.74) is 1.36. The summed E-state index contributed by atoms with van der Waals surface area (Å²) in [7, 11) is 0. The summed E-state index contributed by atoms with van der Waals surface area (Å²) in [6.45, 7) is 6.30. The molecule has 41 heavy (non-hydrogen) atoms. The van der Waals surface area contributed by atoms with E-state index in [2.05, 4.69) is 34.0 Å². The second-order valence-electron chi connectivity index (χ2n) is 11.5. The Balaban J connectivity index is 1.23. The van der Waals surface area contributed by atoms with Crippen molar-refractivity contribution in [2.24, 2.45) is 0 Å². The van der Waals surface area contributed by atoms with Crippen LogP contribution in [0, 0.1) is 0 Å². The number of aliphatic hydroxyl groups is 1. The number of unbranched alkanes of at least 4 members (excludes halogenated alkanes) is 1. The van der Waals surface area contributed by atoms with Gasteiger partial charge >= 0.3 is 6.03 Å². The molecule has 4 rings (SSSR count). The van der Waals surface area contributed by atoms with Gasteiger partial charge in [0.25, 0.3) is 0 Å². The molecular weight excluding hydrogens is 540 g/mol. The van der Waals surface area contributed by atoms with Crippen molar-refractivity contribution in [2.45, 2.75) is 89.4 Å². The quantitative estimate of drug-likeness (QED) is 0.241. The molecule has 2 aromatic carbocycles. The number of rotatable bonds is 13. The number of nitrogens with zero attached hydrogens (tertiary/aromatic N) is 2. The van der Waals surface area contributed by atoms with Gasteiger partial charge in [-0.25, -0.2) is 13.7 Å². The standard InChI is InChI=1S/C31H46N4O5S/c1-2-3-19-35(30(36)32-24-31(37)17-5-4-6-18-31)27-15-20-34(21-16-27)23-26-9-13-29(14-10-26)40-28-11-7-25(8-12-28)22-33-41(38)39/h7-14,27,33,37H,2-6,15-24H2,1H3,(H,32,36)(H,38,39). The van der Waals surface area contributed by atoms with E-state index >= 15 is 0 Å². The highest BCUT2D eigenvalue weighted by atomic mass is 32.2. The highest BCUT2D eigenvalue weighted by Crippen LogP contribution is 2.28. The van der Waals surface area contributed by atoms with Crippen LogP contribution in [0.4, 0.5) is 4.79 Å². The van der Waals surface area contributed by atoms with Crippen LogP contribution in [0.2, 0.25) is 0 Å². The number of hydrogen-bond acceptors (Lipinski definition) is 5. The van der Waals surface area contributed by atoms with Crippen LogP contribution >= 0.6 is 0 Å². The van der Waals surface area contributed by atoms with Crippen LogP contribution in [0.5, 0.6) is 11.5 Å². The smallest absolute Gasteiger partial charge is 0.317 e. The first-order valence-corrected chi connectivity index (χ1v) is 16.1. The van der Waals surface area contributed by atoms with Gasteiger partial charge in [0.05, 0.1) is 5.60 Å². The molecule has 1 saturated heterocycles. The Morgan fingerprint density at radius 2 is 1.63 bits per heavy atom. The SMILES string of the molecule is CCCCN(C(=O)NCC1(O)CCCCC1)C1CCN(Cc2ccc(Oc3ccc(CNS(=O)O)cc3)cc2)CC1. The lowest BCUT2D eigenvalue weighted by Crippen LogP contribution is -2.53. The van der Waals surface area contributed by atoms with Gasteiger partial charge in [-0.05, 0) is 67.5 Å². The lowest BCUT2D eigenvalue weighted by atomic mass is 9.85. The molecule has 1 unspecified atom stereocenters. The van der Waals surface area contributed by atoms with Gasteiger partial charge in [0.1, 0.15) is 11.5 Å². The summed E-state index contributed by atoms with van der Waals surface area (Å²) >= 11 is -2.03. The van der Waals surface area contributed by atoms with Crippen molar-refractivity contribution in [3.63, 3.8) is 0 Å². The maximum absolute atomic E-state index is 13.2. The van der Waals surface area contributed by atoms with Crippen LogP contribution in [0.15, 0.2) is 48.5 Å². The maximum Gasteiger partial charge on any atom is 0.317 e. The fourth-order valence-corrected chi connectivity index (χ4v) is 6.06. The molecule has 0 bridgehead atoms. The molecular formula is C31H46N4O5S. The number of carbonyl (C=O) groups is 1. The van der Waals surface area contributed by atoms with Gasteiger partial charge in [0.15, 0.2) is 0 Å². The van der Waals surface area contributed by atoms with Gasteiger partial charge in [-0.1, -0.05) is 56.9 Å². The van der Waals surface area contributed by atoms with E-state index < -0.39 is 16.9 Å². The zero-order chi connectivity index (χ0) is 29.1. The third kappa shape index (κ3) is 10.1. The molecule has 1 aliphatic heterocycles. The van der Waals surface area contributed by atoms with Crippen LogP contribution in [-0.2, 0) is 24.4 Å². The van der Waals surface area contributed by atoms with Gasteiger partial charge in [0.2, 0.25) is 11.3 Å². The van der Waals surface area contributed by atoms with Crippen molar-refractivity contribution < 1.29 is 23.4 Å². The number of ether oxygens (including phenoxy) is 1. The van der Waals surface area contributed by atoms with E-state index in [9.17, 15) is 14.1 Å². The Bertz CT molecular complexity index is 1100. The summed E-state index contributed by atoms with van der Waals surface area (Å²) in [5.74, 6) is 1.46. The van der Waals surface area contributed by atoms with Crippen molar-refractivity contribution in [3.8, 4) is 11.5 Å². The number of carbonyl (C=O) groups excluding carboxylic acids is 1. The van der Waals surface area contributed by atoms with Crippen molar-refractivity contribution in [1.82, 2.24) is 19.8 Å². The third-order valence-corrected chi connectivity index (χ3v) is 8.64. The highest BCUT2D eigenvalue weighted by molar-refractivity contribution is 7.77. The summed E-state index contributed by atoms with van der Waals surface area (Å²) < 4.78 is 28.0. The second-order valence-corrected chi connectivity index (χ2v) is 12.2.